The molecule has 1 saturated heterocycles. The molecule has 1 aromatic carbocycles. The molecule has 2 heterocycles. The average molecular weight is 331 g/mol. The molecule has 0 saturated carbocycles. The summed E-state index contributed by atoms with van der Waals surface area (Å²) in [4.78, 5) is 35.9. The van der Waals surface area contributed by atoms with Crippen molar-refractivity contribution >= 4 is 29.2 Å². The summed E-state index contributed by atoms with van der Waals surface area (Å²) in [7, 11) is 0. The lowest BCUT2D eigenvalue weighted by molar-refractivity contribution is -0.161. The number of nitrogens with zero attached hydrogens (tertiary/aromatic N) is 1. The molecule has 3 atom stereocenters. The van der Waals surface area contributed by atoms with Crippen molar-refractivity contribution in [2.45, 2.75) is 25.5 Å². The number of nitrogens with one attached hydrogen (secondary N) is 1. The molecular formula is C16H17N3O5. The Hall–Kier alpha value is -2.87. The quantitative estimate of drug-likeness (QED) is 0.599. The highest BCUT2D eigenvalue weighted by Gasteiger charge is 2.56. The van der Waals surface area contributed by atoms with Crippen LogP contribution in [0.4, 0.5) is 10.5 Å². The Kier molecular flexibility index (Phi) is 3.76. The number of primary amides is 1. The van der Waals surface area contributed by atoms with Crippen molar-refractivity contribution in [1.82, 2.24) is 4.90 Å². The molecular weight excluding hydrogens is 314 g/mol. The summed E-state index contributed by atoms with van der Waals surface area (Å²) in [5.74, 6) is -2.12. The van der Waals surface area contributed by atoms with Crippen LogP contribution in [0.5, 0.6) is 0 Å². The highest BCUT2D eigenvalue weighted by molar-refractivity contribution is 6.06. The normalized spacial score (nSPS) is 23.6. The molecule has 2 aliphatic heterocycles. The van der Waals surface area contributed by atoms with E-state index >= 15 is 0 Å². The minimum atomic E-state index is -1.18. The van der Waals surface area contributed by atoms with Crippen LogP contribution in [-0.2, 0) is 9.59 Å². The van der Waals surface area contributed by atoms with E-state index in [1.165, 1.54) is 11.8 Å². The third kappa shape index (κ3) is 2.41. The molecule has 5 N–H and O–H groups in total. The fourth-order valence-electron chi connectivity index (χ4n) is 3.42. The highest BCUT2D eigenvalue weighted by atomic mass is 16.4. The third-order valence-electron chi connectivity index (χ3n) is 4.43. The molecule has 0 spiro atoms. The zero-order valence-electron chi connectivity index (χ0n) is 12.9. The van der Waals surface area contributed by atoms with Crippen LogP contribution in [0.3, 0.4) is 0 Å². The summed E-state index contributed by atoms with van der Waals surface area (Å²) in [5, 5.41) is 21.6. The first-order valence-corrected chi connectivity index (χ1v) is 7.45. The SMILES string of the molecule is C[C@@H](O)[C@H]1C(=O)N2C(C(=O)O)=C(c3ccc(NC(N)=O)cc3)C[C@H]12. The molecule has 0 unspecified atom stereocenters. The van der Waals surface area contributed by atoms with Crippen LogP contribution >= 0.6 is 0 Å². The number of amides is 3. The first kappa shape index (κ1) is 16.0. The van der Waals surface area contributed by atoms with Crippen molar-refractivity contribution < 1.29 is 24.6 Å². The standard InChI is InChI=1S/C16H17N3O5/c1-7(20)12-11-6-10(13(15(22)23)19(11)14(12)21)8-2-4-9(5-3-8)18-16(17)24/h2-5,7,11-12,20H,6H2,1H3,(H,22,23)(H3,17,18,24)/t7-,11-,12-/m1/s1. The minimum Gasteiger partial charge on any atom is -0.477 e. The molecule has 8 heteroatoms. The highest BCUT2D eigenvalue weighted by Crippen LogP contribution is 2.46. The van der Waals surface area contributed by atoms with Gasteiger partial charge in [0, 0.05) is 5.69 Å². The number of β-lactam (4-membered cyclic amide) rings is 1. The maximum absolute atomic E-state index is 12.2. The van der Waals surface area contributed by atoms with Crippen LogP contribution in [0.25, 0.3) is 5.57 Å². The Morgan fingerprint density at radius 3 is 2.46 bits per heavy atom. The maximum Gasteiger partial charge on any atom is 0.352 e. The van der Waals surface area contributed by atoms with Crippen LogP contribution in [0, 0.1) is 5.92 Å². The van der Waals surface area contributed by atoms with Crippen molar-refractivity contribution in [2.75, 3.05) is 5.32 Å². The van der Waals surface area contributed by atoms with E-state index < -0.39 is 24.0 Å². The van der Waals surface area contributed by atoms with Crippen molar-refractivity contribution in [3.8, 4) is 0 Å². The second kappa shape index (κ2) is 5.64. The van der Waals surface area contributed by atoms with Crippen LogP contribution in [-0.4, -0.2) is 45.2 Å². The predicted octanol–water partition coefficient (Wildman–Crippen LogP) is 0.584. The van der Waals surface area contributed by atoms with E-state index in [1.54, 1.807) is 24.3 Å². The monoisotopic (exact) mass is 331 g/mol. The van der Waals surface area contributed by atoms with Gasteiger partial charge in [0.15, 0.2) is 0 Å². The number of urea groups is 1. The number of carbonyl (C=O) groups excluding carboxylic acids is 2. The Morgan fingerprint density at radius 1 is 1.33 bits per heavy atom. The number of hydrogen-bond acceptors (Lipinski definition) is 4. The molecule has 0 radical (unpaired) electrons. The van der Waals surface area contributed by atoms with Gasteiger partial charge >= 0.3 is 12.0 Å². The molecule has 3 amide bonds. The average Bonchev–Trinajstić information content (AvgIpc) is 2.82. The molecule has 8 nitrogen and oxygen atoms in total. The number of carboxylic acid groups (broad SMARTS) is 1. The number of carbonyl (C=O) groups is 3. The third-order valence-corrected chi connectivity index (χ3v) is 4.43. The fraction of sp³-hybridized carbons (Fsp3) is 0.312. The summed E-state index contributed by atoms with van der Waals surface area (Å²) in [6.07, 6.45) is -0.457. The van der Waals surface area contributed by atoms with Crippen molar-refractivity contribution in [2.24, 2.45) is 11.7 Å². The zero-order chi connectivity index (χ0) is 17.6. The Balaban J connectivity index is 1.93. The van der Waals surface area contributed by atoms with Gasteiger partial charge < -0.3 is 26.2 Å². The second-order valence-electron chi connectivity index (χ2n) is 5.95. The first-order chi connectivity index (χ1) is 11.3. The lowest BCUT2D eigenvalue weighted by Crippen LogP contribution is -2.61. The van der Waals surface area contributed by atoms with Gasteiger partial charge in [-0.2, -0.15) is 0 Å². The number of rotatable bonds is 4. The molecule has 2 aliphatic rings. The molecule has 126 valence electrons. The van der Waals surface area contributed by atoms with E-state index in [-0.39, 0.29) is 17.6 Å². The van der Waals surface area contributed by atoms with E-state index in [1.807, 2.05) is 0 Å². The van der Waals surface area contributed by atoms with Crippen LogP contribution in [0.2, 0.25) is 0 Å². The summed E-state index contributed by atoms with van der Waals surface area (Å²) < 4.78 is 0. The number of nitrogens with two attached hydrogens (primary N) is 1. The summed E-state index contributed by atoms with van der Waals surface area (Å²) in [6, 6.07) is 5.52. The maximum atomic E-state index is 12.2. The molecule has 0 aliphatic carbocycles. The summed E-state index contributed by atoms with van der Waals surface area (Å²) >= 11 is 0. The largest absolute Gasteiger partial charge is 0.477 e. The topological polar surface area (TPSA) is 133 Å². The number of fused-ring (bicyclic) bond motifs is 1. The summed E-state index contributed by atoms with van der Waals surface area (Å²) in [5.41, 5.74) is 6.67. The zero-order valence-corrected chi connectivity index (χ0v) is 12.9. The van der Waals surface area contributed by atoms with Crippen LogP contribution < -0.4 is 11.1 Å². The number of hydrogen-bond donors (Lipinski definition) is 4. The molecule has 3 rings (SSSR count). The van der Waals surface area contributed by atoms with Crippen molar-refractivity contribution in [3.63, 3.8) is 0 Å². The summed E-state index contributed by atoms with van der Waals surface area (Å²) in [6.45, 7) is 1.53. The van der Waals surface area contributed by atoms with Gasteiger partial charge in [0.1, 0.15) is 5.70 Å². The molecule has 24 heavy (non-hydrogen) atoms. The van der Waals surface area contributed by atoms with Gasteiger partial charge in [-0.05, 0) is 36.6 Å². The lowest BCUT2D eigenvalue weighted by atomic mass is 9.82. The van der Waals surface area contributed by atoms with Gasteiger partial charge in [0.2, 0.25) is 5.91 Å². The van der Waals surface area contributed by atoms with E-state index in [2.05, 4.69) is 5.32 Å². The molecule has 1 fully saturated rings. The first-order valence-electron chi connectivity index (χ1n) is 7.45. The van der Waals surface area contributed by atoms with E-state index in [0.29, 0.717) is 23.2 Å². The van der Waals surface area contributed by atoms with Gasteiger partial charge in [-0.25, -0.2) is 9.59 Å². The predicted molar refractivity (Wildman–Crippen MR) is 84.6 cm³/mol. The van der Waals surface area contributed by atoms with E-state index in [9.17, 15) is 24.6 Å². The second-order valence-corrected chi connectivity index (χ2v) is 5.95. The van der Waals surface area contributed by atoms with E-state index in [4.69, 9.17) is 5.73 Å². The fourth-order valence-corrected chi connectivity index (χ4v) is 3.42. The Morgan fingerprint density at radius 2 is 1.96 bits per heavy atom. The number of aliphatic carboxylic acids is 1. The Labute approximate surface area is 137 Å². The number of aliphatic hydroxyl groups is 1. The van der Waals surface area contributed by atoms with Crippen molar-refractivity contribution in [3.05, 3.63) is 35.5 Å². The minimum absolute atomic E-state index is 0.0440. The Bertz CT molecular complexity index is 753. The van der Waals surface area contributed by atoms with Crippen LogP contribution in [0.15, 0.2) is 30.0 Å². The number of carboxylic acids is 1. The van der Waals surface area contributed by atoms with Crippen LogP contribution in [0.1, 0.15) is 18.9 Å². The van der Waals surface area contributed by atoms with Gasteiger partial charge in [0.25, 0.3) is 0 Å². The number of benzene rings is 1. The number of anilines is 1. The molecule has 0 aromatic heterocycles. The lowest BCUT2D eigenvalue weighted by Gasteiger charge is -2.44. The smallest absolute Gasteiger partial charge is 0.352 e. The van der Waals surface area contributed by atoms with Gasteiger partial charge in [-0.15, -0.1) is 0 Å². The van der Waals surface area contributed by atoms with Gasteiger partial charge in [0.05, 0.1) is 18.1 Å². The van der Waals surface area contributed by atoms with Gasteiger partial charge in [-0.3, -0.25) is 4.79 Å². The molecule has 1 aromatic rings. The van der Waals surface area contributed by atoms with Gasteiger partial charge in [-0.1, -0.05) is 12.1 Å². The number of aliphatic hydroxyl groups excluding tert-OH is 1. The van der Waals surface area contributed by atoms with E-state index in [0.717, 1.165) is 0 Å². The molecule has 0 bridgehead atoms. The van der Waals surface area contributed by atoms with Crippen molar-refractivity contribution in [1.29, 1.82) is 0 Å².